The second-order valence-corrected chi connectivity index (χ2v) is 10.4. The van der Waals surface area contributed by atoms with Crippen molar-refractivity contribution in [2.45, 2.75) is 26.2 Å². The van der Waals surface area contributed by atoms with E-state index in [1.165, 1.54) is 6.07 Å². The Labute approximate surface area is 181 Å². The standard InChI is InChI=1S/C25H22F3N2P/c1-25(2,3)21-16-30(20-15-14-19(26)22(27)23(20)28)24(29-21)31(17-10-6-4-7-11-17)18-12-8-5-9-13-18/h4-16H,1-3H3. The molecule has 0 aliphatic rings. The maximum Gasteiger partial charge on any atom is 0.196 e. The number of hydrogen-bond acceptors (Lipinski definition) is 1. The summed E-state index contributed by atoms with van der Waals surface area (Å²) in [4.78, 5) is 4.91. The Kier molecular flexibility index (Phi) is 5.72. The first-order valence-electron chi connectivity index (χ1n) is 9.91. The van der Waals surface area contributed by atoms with Gasteiger partial charge in [0.05, 0.1) is 11.4 Å². The SMILES string of the molecule is CC(C)(C)c1cn(-c2ccc(F)c(F)c2F)c(P(c2ccccc2)c2ccccc2)n1. The van der Waals surface area contributed by atoms with Gasteiger partial charge in [0.15, 0.2) is 17.5 Å². The molecule has 3 aromatic carbocycles. The van der Waals surface area contributed by atoms with Gasteiger partial charge in [0, 0.05) is 19.5 Å². The van der Waals surface area contributed by atoms with Gasteiger partial charge in [-0.2, -0.15) is 0 Å². The number of benzene rings is 3. The molecule has 0 radical (unpaired) electrons. The maximum absolute atomic E-state index is 14.8. The van der Waals surface area contributed by atoms with Gasteiger partial charge < -0.3 is 0 Å². The van der Waals surface area contributed by atoms with Crippen LogP contribution in [0.25, 0.3) is 5.69 Å². The van der Waals surface area contributed by atoms with E-state index < -0.39 is 25.4 Å². The van der Waals surface area contributed by atoms with Crippen molar-refractivity contribution in [1.29, 1.82) is 0 Å². The summed E-state index contributed by atoms with van der Waals surface area (Å²) in [6.07, 6.45) is 1.73. The van der Waals surface area contributed by atoms with Crippen LogP contribution in [0, 0.1) is 17.5 Å². The van der Waals surface area contributed by atoms with Gasteiger partial charge in [-0.3, -0.25) is 4.57 Å². The van der Waals surface area contributed by atoms with Gasteiger partial charge in [0.1, 0.15) is 5.57 Å². The van der Waals surface area contributed by atoms with Gasteiger partial charge in [0.25, 0.3) is 0 Å². The van der Waals surface area contributed by atoms with Gasteiger partial charge >= 0.3 is 0 Å². The van der Waals surface area contributed by atoms with E-state index in [1.54, 1.807) is 10.8 Å². The van der Waals surface area contributed by atoms with E-state index in [2.05, 4.69) is 0 Å². The van der Waals surface area contributed by atoms with Crippen LogP contribution in [0.2, 0.25) is 0 Å². The van der Waals surface area contributed by atoms with Crippen molar-refractivity contribution in [2.24, 2.45) is 0 Å². The van der Waals surface area contributed by atoms with Crippen LogP contribution in [0.1, 0.15) is 26.5 Å². The molecule has 0 N–H and O–H groups in total. The fraction of sp³-hybridized carbons (Fsp3) is 0.160. The molecule has 158 valence electrons. The Bertz CT molecular complexity index is 1160. The Morgan fingerprint density at radius 2 is 1.29 bits per heavy atom. The predicted octanol–water partition coefficient (Wildman–Crippen LogP) is 5.35. The Morgan fingerprint density at radius 1 is 0.742 bits per heavy atom. The molecule has 0 aliphatic carbocycles. The summed E-state index contributed by atoms with van der Waals surface area (Å²) in [6.45, 7) is 6.04. The summed E-state index contributed by atoms with van der Waals surface area (Å²) in [6, 6.07) is 21.9. The monoisotopic (exact) mass is 438 g/mol. The van der Waals surface area contributed by atoms with Crippen LogP contribution >= 0.6 is 7.92 Å². The first-order valence-corrected chi connectivity index (χ1v) is 11.3. The molecule has 0 atom stereocenters. The van der Waals surface area contributed by atoms with Crippen molar-refractivity contribution in [3.05, 3.63) is 102 Å². The van der Waals surface area contributed by atoms with Crippen molar-refractivity contribution in [1.82, 2.24) is 9.55 Å². The number of rotatable bonds is 4. The highest BCUT2D eigenvalue weighted by molar-refractivity contribution is 7.79. The fourth-order valence-electron chi connectivity index (χ4n) is 3.30. The van der Waals surface area contributed by atoms with Crippen molar-refractivity contribution in [3.63, 3.8) is 0 Å². The predicted molar refractivity (Wildman–Crippen MR) is 121 cm³/mol. The molecule has 0 fully saturated rings. The van der Waals surface area contributed by atoms with Crippen LogP contribution in [0.15, 0.2) is 79.0 Å². The van der Waals surface area contributed by atoms with Crippen LogP contribution in [0.4, 0.5) is 13.2 Å². The fourth-order valence-corrected chi connectivity index (χ4v) is 5.59. The third-order valence-electron chi connectivity index (χ3n) is 4.96. The first-order chi connectivity index (χ1) is 14.8. The average molecular weight is 438 g/mol. The van der Waals surface area contributed by atoms with E-state index >= 15 is 0 Å². The third kappa shape index (κ3) is 4.15. The number of aromatic nitrogens is 2. The molecule has 1 aromatic heterocycles. The Hall–Kier alpha value is -2.91. The maximum atomic E-state index is 14.8. The normalized spacial score (nSPS) is 11.8. The topological polar surface area (TPSA) is 17.8 Å². The molecular formula is C25H22F3N2P. The number of imidazole rings is 1. The largest absolute Gasteiger partial charge is 0.296 e. The lowest BCUT2D eigenvalue weighted by Gasteiger charge is -2.20. The van der Waals surface area contributed by atoms with Crippen molar-refractivity contribution in [2.75, 3.05) is 0 Å². The molecule has 31 heavy (non-hydrogen) atoms. The lowest BCUT2D eigenvalue weighted by Crippen LogP contribution is -2.28. The molecule has 1 heterocycles. The summed E-state index contributed by atoms with van der Waals surface area (Å²) >= 11 is 0. The van der Waals surface area contributed by atoms with Crippen molar-refractivity contribution < 1.29 is 13.2 Å². The van der Waals surface area contributed by atoms with Crippen LogP contribution in [-0.4, -0.2) is 9.55 Å². The van der Waals surface area contributed by atoms with E-state index in [1.807, 2.05) is 81.4 Å². The van der Waals surface area contributed by atoms with Crippen molar-refractivity contribution in [3.8, 4) is 5.69 Å². The van der Waals surface area contributed by atoms with Gasteiger partial charge in [-0.05, 0) is 22.7 Å². The molecule has 0 unspecified atom stereocenters. The minimum Gasteiger partial charge on any atom is -0.296 e. The van der Waals surface area contributed by atoms with Crippen LogP contribution in [-0.2, 0) is 5.41 Å². The summed E-state index contributed by atoms with van der Waals surface area (Å²) in [5.74, 6) is -3.93. The molecule has 0 saturated heterocycles. The van der Waals surface area contributed by atoms with Gasteiger partial charge in [0.2, 0.25) is 0 Å². The molecule has 0 bridgehead atoms. The molecule has 4 rings (SSSR count). The molecule has 2 nitrogen and oxygen atoms in total. The molecule has 0 spiro atoms. The highest BCUT2D eigenvalue weighted by Gasteiger charge is 2.28. The smallest absolute Gasteiger partial charge is 0.196 e. The Morgan fingerprint density at radius 3 is 1.81 bits per heavy atom. The highest BCUT2D eigenvalue weighted by atomic mass is 31.1. The van der Waals surface area contributed by atoms with Crippen molar-refractivity contribution >= 4 is 24.1 Å². The number of halogens is 3. The van der Waals surface area contributed by atoms with E-state index in [0.29, 0.717) is 5.57 Å². The number of hydrogen-bond donors (Lipinski definition) is 0. The molecule has 0 aliphatic heterocycles. The van der Waals surface area contributed by atoms with E-state index in [9.17, 15) is 13.2 Å². The molecule has 0 amide bonds. The lowest BCUT2D eigenvalue weighted by atomic mass is 9.93. The van der Waals surface area contributed by atoms with Crippen LogP contribution < -0.4 is 16.2 Å². The molecule has 4 aromatic rings. The second kappa shape index (κ2) is 8.32. The van der Waals surface area contributed by atoms with Gasteiger partial charge in [-0.1, -0.05) is 81.4 Å². The second-order valence-electron chi connectivity index (χ2n) is 8.25. The van der Waals surface area contributed by atoms with E-state index in [0.717, 1.165) is 22.4 Å². The Balaban J connectivity index is 2.02. The summed E-state index contributed by atoms with van der Waals surface area (Å²) in [7, 11) is -1.18. The van der Waals surface area contributed by atoms with Crippen LogP contribution in [0.3, 0.4) is 0 Å². The number of nitrogens with zero attached hydrogens (tertiary/aromatic N) is 2. The third-order valence-corrected chi connectivity index (χ3v) is 7.30. The molecular weight excluding hydrogens is 416 g/mol. The zero-order valence-corrected chi connectivity index (χ0v) is 18.4. The van der Waals surface area contributed by atoms with Gasteiger partial charge in [-0.25, -0.2) is 18.2 Å². The summed E-state index contributed by atoms with van der Waals surface area (Å²) in [5, 5.41) is 2.05. The summed E-state index contributed by atoms with van der Waals surface area (Å²) < 4.78 is 44.2. The average Bonchev–Trinajstić information content (AvgIpc) is 3.19. The molecule has 6 heteroatoms. The molecule has 0 saturated carbocycles. The zero-order chi connectivity index (χ0) is 22.2. The lowest BCUT2D eigenvalue weighted by molar-refractivity contribution is 0.445. The quantitative estimate of drug-likeness (QED) is 0.311. The minimum absolute atomic E-state index is 0.0590. The summed E-state index contributed by atoms with van der Waals surface area (Å²) in [5.41, 5.74) is 0.966. The highest BCUT2D eigenvalue weighted by Crippen LogP contribution is 2.35. The van der Waals surface area contributed by atoms with Gasteiger partial charge in [-0.15, -0.1) is 0 Å². The van der Waals surface area contributed by atoms with E-state index in [4.69, 9.17) is 4.98 Å². The van der Waals surface area contributed by atoms with Crippen LogP contribution in [0.5, 0.6) is 0 Å². The zero-order valence-electron chi connectivity index (χ0n) is 17.5. The minimum atomic E-state index is -1.49. The van der Waals surface area contributed by atoms with E-state index in [-0.39, 0.29) is 11.1 Å². The first kappa shape index (κ1) is 21.3.